The zero-order valence-corrected chi connectivity index (χ0v) is 10.9. The summed E-state index contributed by atoms with van der Waals surface area (Å²) in [7, 11) is 2.02. The average Bonchev–Trinajstić information content (AvgIpc) is 2.32. The highest BCUT2D eigenvalue weighted by molar-refractivity contribution is 5.53. The standard InChI is InChI=1S/C14H23FN2/c1-3-4-5-11-17(2)14-8-6-7-13(15)12(14)9-10-16/h6-8H,3-5,9-11,16H2,1-2H3. The van der Waals surface area contributed by atoms with Crippen LogP contribution in [0.1, 0.15) is 31.7 Å². The molecule has 0 amide bonds. The van der Waals surface area contributed by atoms with E-state index in [9.17, 15) is 4.39 Å². The van der Waals surface area contributed by atoms with Gasteiger partial charge < -0.3 is 10.6 Å². The number of hydrogen-bond acceptors (Lipinski definition) is 2. The molecule has 0 bridgehead atoms. The Balaban J connectivity index is 2.77. The molecule has 0 unspecified atom stereocenters. The molecule has 0 saturated carbocycles. The fraction of sp³-hybridized carbons (Fsp3) is 0.571. The van der Waals surface area contributed by atoms with Crippen LogP contribution < -0.4 is 10.6 Å². The highest BCUT2D eigenvalue weighted by Gasteiger charge is 2.10. The van der Waals surface area contributed by atoms with E-state index >= 15 is 0 Å². The summed E-state index contributed by atoms with van der Waals surface area (Å²) in [5, 5.41) is 0. The molecule has 2 N–H and O–H groups in total. The van der Waals surface area contributed by atoms with Crippen LogP contribution in [0.5, 0.6) is 0 Å². The van der Waals surface area contributed by atoms with Crippen molar-refractivity contribution in [3.05, 3.63) is 29.6 Å². The van der Waals surface area contributed by atoms with E-state index in [4.69, 9.17) is 5.73 Å². The van der Waals surface area contributed by atoms with Gasteiger partial charge in [0.25, 0.3) is 0 Å². The monoisotopic (exact) mass is 238 g/mol. The lowest BCUT2D eigenvalue weighted by atomic mass is 10.1. The summed E-state index contributed by atoms with van der Waals surface area (Å²) in [6.07, 6.45) is 4.16. The summed E-state index contributed by atoms with van der Waals surface area (Å²) >= 11 is 0. The van der Waals surface area contributed by atoms with E-state index in [1.807, 2.05) is 13.1 Å². The van der Waals surface area contributed by atoms with Gasteiger partial charge in [-0.3, -0.25) is 0 Å². The van der Waals surface area contributed by atoms with Gasteiger partial charge in [0, 0.05) is 24.8 Å². The van der Waals surface area contributed by atoms with Gasteiger partial charge in [0.15, 0.2) is 0 Å². The quantitative estimate of drug-likeness (QED) is 0.740. The van der Waals surface area contributed by atoms with Crippen molar-refractivity contribution in [3.63, 3.8) is 0 Å². The predicted octanol–water partition coefficient (Wildman–Crippen LogP) is 2.95. The molecule has 0 spiro atoms. The van der Waals surface area contributed by atoms with E-state index < -0.39 is 0 Å². The zero-order chi connectivity index (χ0) is 12.7. The molecule has 1 rings (SSSR count). The minimum Gasteiger partial charge on any atom is -0.374 e. The maximum atomic E-state index is 13.7. The first-order valence-electron chi connectivity index (χ1n) is 6.39. The molecule has 0 aliphatic rings. The maximum absolute atomic E-state index is 13.7. The molecule has 17 heavy (non-hydrogen) atoms. The highest BCUT2D eigenvalue weighted by Crippen LogP contribution is 2.23. The fourth-order valence-electron chi connectivity index (χ4n) is 2.02. The first kappa shape index (κ1) is 14.0. The molecule has 3 heteroatoms. The van der Waals surface area contributed by atoms with Crippen LogP contribution in [-0.2, 0) is 6.42 Å². The minimum absolute atomic E-state index is 0.143. The lowest BCUT2D eigenvalue weighted by Crippen LogP contribution is -2.21. The number of nitrogens with two attached hydrogens (primary N) is 1. The van der Waals surface area contributed by atoms with Crippen molar-refractivity contribution < 1.29 is 4.39 Å². The molecule has 0 aromatic heterocycles. The molecule has 0 radical (unpaired) electrons. The number of halogens is 1. The second-order valence-electron chi connectivity index (χ2n) is 4.40. The van der Waals surface area contributed by atoms with Gasteiger partial charge in [0.2, 0.25) is 0 Å². The van der Waals surface area contributed by atoms with Gasteiger partial charge in [-0.05, 0) is 31.5 Å². The van der Waals surface area contributed by atoms with Crippen LogP contribution in [0.15, 0.2) is 18.2 Å². The highest BCUT2D eigenvalue weighted by atomic mass is 19.1. The Morgan fingerprint density at radius 3 is 2.71 bits per heavy atom. The minimum atomic E-state index is -0.143. The summed E-state index contributed by atoms with van der Waals surface area (Å²) in [5.41, 5.74) is 7.26. The molecular weight excluding hydrogens is 215 g/mol. The summed E-state index contributed by atoms with van der Waals surface area (Å²) in [6.45, 7) is 3.63. The topological polar surface area (TPSA) is 29.3 Å². The van der Waals surface area contributed by atoms with Crippen molar-refractivity contribution in [2.75, 3.05) is 25.0 Å². The average molecular weight is 238 g/mol. The van der Waals surface area contributed by atoms with Crippen LogP contribution in [0.3, 0.4) is 0 Å². The first-order valence-corrected chi connectivity index (χ1v) is 6.39. The van der Waals surface area contributed by atoms with Gasteiger partial charge in [0.1, 0.15) is 5.82 Å². The summed E-state index contributed by atoms with van der Waals surface area (Å²) in [5.74, 6) is -0.143. The van der Waals surface area contributed by atoms with E-state index in [0.29, 0.717) is 13.0 Å². The number of benzene rings is 1. The van der Waals surface area contributed by atoms with Crippen LogP contribution >= 0.6 is 0 Å². The van der Waals surface area contributed by atoms with Crippen molar-refractivity contribution >= 4 is 5.69 Å². The third kappa shape index (κ3) is 4.00. The Morgan fingerprint density at radius 2 is 2.06 bits per heavy atom. The van der Waals surface area contributed by atoms with Gasteiger partial charge in [0.05, 0.1) is 0 Å². The fourth-order valence-corrected chi connectivity index (χ4v) is 2.02. The number of rotatable bonds is 7. The molecule has 1 aromatic carbocycles. The smallest absolute Gasteiger partial charge is 0.128 e. The molecule has 0 fully saturated rings. The SMILES string of the molecule is CCCCCN(C)c1cccc(F)c1CCN. The molecular formula is C14H23FN2. The molecule has 0 heterocycles. The van der Waals surface area contributed by atoms with E-state index in [0.717, 1.165) is 24.2 Å². The van der Waals surface area contributed by atoms with E-state index in [-0.39, 0.29) is 5.82 Å². The maximum Gasteiger partial charge on any atom is 0.128 e. The van der Waals surface area contributed by atoms with E-state index in [2.05, 4.69) is 11.8 Å². The summed E-state index contributed by atoms with van der Waals surface area (Å²) < 4.78 is 13.7. The van der Waals surface area contributed by atoms with Crippen molar-refractivity contribution in [2.24, 2.45) is 5.73 Å². The lowest BCUT2D eigenvalue weighted by molar-refractivity contribution is 0.607. The van der Waals surface area contributed by atoms with Crippen LogP contribution in [-0.4, -0.2) is 20.1 Å². The molecule has 0 aliphatic carbocycles. The van der Waals surface area contributed by atoms with Gasteiger partial charge in [-0.2, -0.15) is 0 Å². The largest absolute Gasteiger partial charge is 0.374 e. The second kappa shape index (κ2) is 7.28. The number of nitrogens with zero attached hydrogens (tertiary/aromatic N) is 1. The second-order valence-corrected chi connectivity index (χ2v) is 4.40. The molecule has 1 aromatic rings. The van der Waals surface area contributed by atoms with Gasteiger partial charge in [-0.15, -0.1) is 0 Å². The van der Waals surface area contributed by atoms with Crippen LogP contribution in [0.2, 0.25) is 0 Å². The molecule has 0 aliphatic heterocycles. The van der Waals surface area contributed by atoms with Crippen LogP contribution in [0.25, 0.3) is 0 Å². The van der Waals surface area contributed by atoms with Crippen molar-refractivity contribution in [1.29, 1.82) is 0 Å². The Kier molecular flexibility index (Phi) is 5.98. The Morgan fingerprint density at radius 1 is 1.29 bits per heavy atom. The molecule has 2 nitrogen and oxygen atoms in total. The molecule has 0 atom stereocenters. The predicted molar refractivity (Wildman–Crippen MR) is 72.0 cm³/mol. The van der Waals surface area contributed by atoms with Gasteiger partial charge >= 0.3 is 0 Å². The van der Waals surface area contributed by atoms with E-state index in [1.165, 1.54) is 18.9 Å². The van der Waals surface area contributed by atoms with Gasteiger partial charge in [-0.25, -0.2) is 4.39 Å². The number of unbranched alkanes of at least 4 members (excludes halogenated alkanes) is 2. The van der Waals surface area contributed by atoms with Crippen LogP contribution in [0.4, 0.5) is 10.1 Å². The Bertz CT molecular complexity index is 339. The number of hydrogen-bond donors (Lipinski definition) is 1. The Labute approximate surface area is 104 Å². The van der Waals surface area contributed by atoms with Crippen LogP contribution in [0, 0.1) is 5.82 Å². The number of anilines is 1. The molecule has 96 valence electrons. The lowest BCUT2D eigenvalue weighted by Gasteiger charge is -2.22. The van der Waals surface area contributed by atoms with Crippen molar-refractivity contribution in [3.8, 4) is 0 Å². The van der Waals surface area contributed by atoms with Crippen molar-refractivity contribution in [2.45, 2.75) is 32.6 Å². The third-order valence-corrected chi connectivity index (χ3v) is 3.00. The van der Waals surface area contributed by atoms with Gasteiger partial charge in [-0.1, -0.05) is 25.8 Å². The summed E-state index contributed by atoms with van der Waals surface area (Å²) in [6, 6.07) is 5.25. The zero-order valence-electron chi connectivity index (χ0n) is 10.9. The normalized spacial score (nSPS) is 10.6. The summed E-state index contributed by atoms with van der Waals surface area (Å²) in [4.78, 5) is 2.13. The first-order chi connectivity index (χ1) is 8.20. The Hall–Kier alpha value is -1.09. The third-order valence-electron chi connectivity index (χ3n) is 3.00. The van der Waals surface area contributed by atoms with E-state index in [1.54, 1.807) is 6.07 Å². The van der Waals surface area contributed by atoms with Crippen molar-refractivity contribution in [1.82, 2.24) is 0 Å². The molecule has 0 saturated heterocycles.